The Balaban J connectivity index is 1.65. The van der Waals surface area contributed by atoms with Gasteiger partial charge in [-0.1, -0.05) is 68.0 Å². The molecule has 144 valence electrons. The molecule has 0 bridgehead atoms. The number of hydrogen-bond acceptors (Lipinski definition) is 0. The SMILES string of the molecule is CCCCCc1ccc2c(ccc3cc(C#Cc4cc(F)cc(F)c4)ccc32)c1. The molecule has 0 aliphatic carbocycles. The highest BCUT2D eigenvalue weighted by molar-refractivity contribution is 6.07. The quantitative estimate of drug-likeness (QED) is 0.195. The van der Waals surface area contributed by atoms with Gasteiger partial charge in [0.25, 0.3) is 0 Å². The van der Waals surface area contributed by atoms with Gasteiger partial charge in [-0.25, -0.2) is 8.78 Å². The number of halogens is 2. The Labute approximate surface area is 170 Å². The van der Waals surface area contributed by atoms with E-state index in [2.05, 4.69) is 55.2 Å². The van der Waals surface area contributed by atoms with Crippen molar-refractivity contribution in [1.29, 1.82) is 0 Å². The molecule has 29 heavy (non-hydrogen) atoms. The Kier molecular flexibility index (Phi) is 5.58. The lowest BCUT2D eigenvalue weighted by atomic mass is 9.97. The molecule has 0 saturated heterocycles. The van der Waals surface area contributed by atoms with E-state index in [4.69, 9.17) is 0 Å². The average Bonchev–Trinajstić information content (AvgIpc) is 2.71. The van der Waals surface area contributed by atoms with Crippen LogP contribution < -0.4 is 0 Å². The Morgan fingerprint density at radius 2 is 1.31 bits per heavy atom. The van der Waals surface area contributed by atoms with Gasteiger partial charge in [0, 0.05) is 17.2 Å². The predicted octanol–water partition coefficient (Wildman–Crippen LogP) is 7.40. The fraction of sp³-hybridized carbons (Fsp3) is 0.185. The van der Waals surface area contributed by atoms with Crippen LogP contribution >= 0.6 is 0 Å². The van der Waals surface area contributed by atoms with Gasteiger partial charge in [0.15, 0.2) is 0 Å². The summed E-state index contributed by atoms with van der Waals surface area (Å²) in [5.41, 5.74) is 2.53. The summed E-state index contributed by atoms with van der Waals surface area (Å²) < 4.78 is 26.6. The molecule has 0 fully saturated rings. The van der Waals surface area contributed by atoms with Crippen LogP contribution in [-0.4, -0.2) is 0 Å². The van der Waals surface area contributed by atoms with Crippen LogP contribution in [0.5, 0.6) is 0 Å². The highest BCUT2D eigenvalue weighted by Gasteiger charge is 2.03. The molecule has 4 aromatic rings. The van der Waals surface area contributed by atoms with Crippen molar-refractivity contribution in [2.75, 3.05) is 0 Å². The van der Waals surface area contributed by atoms with Gasteiger partial charge < -0.3 is 0 Å². The first-order valence-corrected chi connectivity index (χ1v) is 10.1. The normalized spacial score (nSPS) is 10.9. The summed E-state index contributed by atoms with van der Waals surface area (Å²) in [6.07, 6.45) is 4.85. The van der Waals surface area contributed by atoms with Gasteiger partial charge in [-0.2, -0.15) is 0 Å². The third kappa shape index (κ3) is 4.46. The van der Waals surface area contributed by atoms with E-state index < -0.39 is 11.6 Å². The molecule has 0 atom stereocenters. The highest BCUT2D eigenvalue weighted by Crippen LogP contribution is 2.27. The van der Waals surface area contributed by atoms with Crippen molar-refractivity contribution >= 4 is 21.5 Å². The first-order valence-electron chi connectivity index (χ1n) is 10.1. The van der Waals surface area contributed by atoms with Crippen LogP contribution in [0.25, 0.3) is 21.5 Å². The second-order valence-electron chi connectivity index (χ2n) is 7.42. The lowest BCUT2D eigenvalue weighted by Crippen LogP contribution is -1.87. The number of unbranched alkanes of at least 4 members (excludes halogenated alkanes) is 2. The molecule has 0 unspecified atom stereocenters. The van der Waals surface area contributed by atoms with E-state index in [0.29, 0.717) is 5.56 Å². The zero-order chi connectivity index (χ0) is 20.2. The number of rotatable bonds is 4. The van der Waals surface area contributed by atoms with E-state index >= 15 is 0 Å². The molecule has 4 rings (SSSR count). The molecule has 0 aromatic heterocycles. The van der Waals surface area contributed by atoms with E-state index in [1.54, 1.807) is 0 Å². The molecule has 2 heteroatoms. The van der Waals surface area contributed by atoms with Gasteiger partial charge >= 0.3 is 0 Å². The van der Waals surface area contributed by atoms with Crippen molar-refractivity contribution in [3.63, 3.8) is 0 Å². The first kappa shape index (κ1) is 19.2. The summed E-state index contributed by atoms with van der Waals surface area (Å²) in [7, 11) is 0. The molecule has 0 heterocycles. The fourth-order valence-electron chi connectivity index (χ4n) is 3.70. The van der Waals surface area contributed by atoms with Crippen molar-refractivity contribution < 1.29 is 8.78 Å². The smallest absolute Gasteiger partial charge is 0.127 e. The summed E-state index contributed by atoms with van der Waals surface area (Å²) in [6, 6.07) is 20.4. The minimum Gasteiger partial charge on any atom is -0.207 e. The van der Waals surface area contributed by atoms with Crippen molar-refractivity contribution in [2.45, 2.75) is 32.6 Å². The van der Waals surface area contributed by atoms with Gasteiger partial charge in [-0.3, -0.25) is 0 Å². The molecule has 0 nitrogen and oxygen atoms in total. The van der Waals surface area contributed by atoms with E-state index in [-0.39, 0.29) is 0 Å². The van der Waals surface area contributed by atoms with Gasteiger partial charge in [0.05, 0.1) is 0 Å². The predicted molar refractivity (Wildman–Crippen MR) is 117 cm³/mol. The lowest BCUT2D eigenvalue weighted by Gasteiger charge is -2.07. The molecular formula is C27H22F2. The van der Waals surface area contributed by atoms with Gasteiger partial charge in [0.1, 0.15) is 11.6 Å². The molecule has 0 amide bonds. The molecule has 0 spiro atoms. The van der Waals surface area contributed by atoms with Gasteiger partial charge in [0.2, 0.25) is 0 Å². The molecule has 0 radical (unpaired) electrons. The molecule has 0 N–H and O–H groups in total. The average molecular weight is 384 g/mol. The molecule has 0 saturated carbocycles. The third-order valence-corrected chi connectivity index (χ3v) is 5.18. The summed E-state index contributed by atoms with van der Waals surface area (Å²) in [6.45, 7) is 2.22. The third-order valence-electron chi connectivity index (χ3n) is 5.18. The molecule has 0 aliphatic rings. The standard InChI is InChI=1S/C27H22F2/c1-2-3-4-5-19-8-12-26-22(14-19)10-11-23-15-20(9-13-27(23)26)6-7-21-16-24(28)18-25(29)17-21/h8-18H,2-5H2,1H3. The zero-order valence-corrected chi connectivity index (χ0v) is 16.4. The maximum absolute atomic E-state index is 13.3. The van der Waals surface area contributed by atoms with E-state index in [9.17, 15) is 8.78 Å². The highest BCUT2D eigenvalue weighted by atomic mass is 19.1. The lowest BCUT2D eigenvalue weighted by molar-refractivity contribution is 0.582. The van der Waals surface area contributed by atoms with Crippen molar-refractivity contribution in [2.24, 2.45) is 0 Å². The van der Waals surface area contributed by atoms with Crippen LogP contribution in [0.1, 0.15) is 42.9 Å². The van der Waals surface area contributed by atoms with Crippen molar-refractivity contribution in [3.8, 4) is 11.8 Å². The van der Waals surface area contributed by atoms with Crippen molar-refractivity contribution in [1.82, 2.24) is 0 Å². The summed E-state index contributed by atoms with van der Waals surface area (Å²) in [5, 5.41) is 4.77. The minimum absolute atomic E-state index is 0.330. The van der Waals surface area contributed by atoms with Gasteiger partial charge in [-0.05, 0) is 64.2 Å². The van der Waals surface area contributed by atoms with Crippen LogP contribution in [0, 0.1) is 23.5 Å². The van der Waals surface area contributed by atoms with Crippen LogP contribution in [0.4, 0.5) is 8.78 Å². The second-order valence-corrected chi connectivity index (χ2v) is 7.42. The maximum atomic E-state index is 13.3. The van der Waals surface area contributed by atoms with E-state index in [0.717, 1.165) is 23.4 Å². The Hall–Kier alpha value is -3.18. The second kappa shape index (κ2) is 8.45. The Morgan fingerprint density at radius 1 is 0.655 bits per heavy atom. The number of fused-ring (bicyclic) bond motifs is 3. The van der Waals surface area contributed by atoms with E-state index in [1.807, 2.05) is 12.1 Å². The largest absolute Gasteiger partial charge is 0.207 e. The topological polar surface area (TPSA) is 0 Å². The van der Waals surface area contributed by atoms with Crippen molar-refractivity contribution in [3.05, 3.63) is 95.1 Å². The Morgan fingerprint density at radius 3 is 2.03 bits per heavy atom. The summed E-state index contributed by atoms with van der Waals surface area (Å²) >= 11 is 0. The van der Waals surface area contributed by atoms with Crippen LogP contribution in [0.2, 0.25) is 0 Å². The van der Waals surface area contributed by atoms with E-state index in [1.165, 1.54) is 53.1 Å². The fourth-order valence-corrected chi connectivity index (χ4v) is 3.70. The maximum Gasteiger partial charge on any atom is 0.127 e. The van der Waals surface area contributed by atoms with Crippen LogP contribution in [0.3, 0.4) is 0 Å². The van der Waals surface area contributed by atoms with Crippen LogP contribution in [-0.2, 0) is 6.42 Å². The zero-order valence-electron chi connectivity index (χ0n) is 16.4. The first-order chi connectivity index (χ1) is 14.1. The van der Waals surface area contributed by atoms with Gasteiger partial charge in [-0.15, -0.1) is 0 Å². The summed E-state index contributed by atoms with van der Waals surface area (Å²) in [4.78, 5) is 0. The molecule has 4 aromatic carbocycles. The minimum atomic E-state index is -0.617. The number of hydrogen-bond donors (Lipinski definition) is 0. The molecule has 0 aliphatic heterocycles. The number of aryl methyl sites for hydroxylation is 1. The molecular weight excluding hydrogens is 362 g/mol. The van der Waals surface area contributed by atoms with Crippen LogP contribution in [0.15, 0.2) is 66.7 Å². The monoisotopic (exact) mass is 384 g/mol. The Bertz CT molecular complexity index is 1220. The summed E-state index contributed by atoms with van der Waals surface area (Å²) in [5.74, 6) is 4.62. The number of benzene rings is 4.